The van der Waals surface area contributed by atoms with E-state index >= 15 is 0 Å². The number of carbonyl (C=O) groups excluding carboxylic acids is 2. The van der Waals surface area contributed by atoms with Gasteiger partial charge >= 0.3 is 17.9 Å². The highest BCUT2D eigenvalue weighted by Crippen LogP contribution is 2.48. The molecule has 6 bridgehead atoms. The van der Waals surface area contributed by atoms with Gasteiger partial charge in [0.2, 0.25) is 0 Å². The number of benzene rings is 3. The number of rotatable bonds is 19. The van der Waals surface area contributed by atoms with Crippen LogP contribution < -0.4 is 31.8 Å². The Morgan fingerprint density at radius 2 is 0.725 bits per heavy atom. The molecule has 12 heterocycles. The number of piperidine rings is 3. The topological polar surface area (TPSA) is 233 Å². The first kappa shape index (κ1) is 89.7. The first-order chi connectivity index (χ1) is 58.0. The van der Waals surface area contributed by atoms with Gasteiger partial charge in [0.25, 0.3) is 16.7 Å². The minimum Gasteiger partial charge on any atom is -0.480 e. The zero-order chi connectivity index (χ0) is 82.6. The van der Waals surface area contributed by atoms with E-state index in [0.29, 0.717) is 86.8 Å². The third-order valence-electron chi connectivity index (χ3n) is 29.8. The molecule has 658 valence electrons. The molecule has 12 fully saturated rings. The number of hydrogen-bond acceptors (Lipinski definition) is 20. The highest BCUT2D eigenvalue weighted by Gasteiger charge is 2.49. The first-order valence-electron chi connectivity index (χ1n) is 46.8. The van der Waals surface area contributed by atoms with Crippen molar-refractivity contribution in [1.82, 2.24) is 63.4 Å². The number of aromatic nitrogens is 6. The van der Waals surface area contributed by atoms with Crippen molar-refractivity contribution >= 4 is 86.7 Å². The Bertz CT molecular complexity index is 4510. The number of likely N-dealkylation sites (N-methyl/N-ethyl adjacent to an activating group) is 3. The number of aliphatic carboxylic acids is 1. The van der Waals surface area contributed by atoms with E-state index in [-0.39, 0.29) is 89.5 Å². The summed E-state index contributed by atoms with van der Waals surface area (Å²) in [7, 11) is 5.79. The minimum absolute atomic E-state index is 0. The molecule has 9 aliphatic heterocycles. The van der Waals surface area contributed by atoms with E-state index in [1.165, 1.54) is 173 Å². The van der Waals surface area contributed by atoms with E-state index in [0.717, 1.165) is 135 Å². The summed E-state index contributed by atoms with van der Waals surface area (Å²) in [6.45, 7) is 10.1. The van der Waals surface area contributed by atoms with Gasteiger partial charge in [0, 0.05) is 123 Å². The molecule has 6 aromatic rings. The molecule has 2 N–H and O–H groups in total. The monoisotopic (exact) mass is 1690 g/mol. The molecule has 3 unspecified atom stereocenters. The predicted octanol–water partition coefficient (Wildman–Crippen LogP) is 14.6. The molecule has 120 heavy (non-hydrogen) atoms. The fourth-order valence-electron chi connectivity index (χ4n) is 24.1. The molecule has 12 atom stereocenters. The molecule has 26 heteroatoms. The molecule has 3 aromatic carbocycles. The van der Waals surface area contributed by atoms with Gasteiger partial charge in [-0.3, -0.25) is 58.2 Å². The van der Waals surface area contributed by atoms with Crippen LogP contribution in [0.5, 0.6) is 0 Å². The van der Waals surface area contributed by atoms with Gasteiger partial charge in [0.1, 0.15) is 0 Å². The standard InChI is InChI=1S/C32H47N5O3.C30H43N5O3.C23H30ClN3O.C9H18N2O2.ClH/c1-3-40-30(38)22-34(2)26-17-18-35(21-26)31-32(39)37(29-14-10-9-13-28(29)33-31)27-19-24-15-16-25(20-27)36(24)23-11-7-5-4-6-8-12-23;1-32(20-28(36)37)24-15-16-33(19-24)29-30(38)35(27-12-8-7-11-26(27)31-29)25-17-22-13-14-23(18-25)34(22)21-9-5-3-2-4-6-10-21;24-22-23(28)27(21-11-7-6-10-20(21)25-22)19-14-17-12-13-18(15-19)26(17)16-8-4-2-1-3-5-9-16;1-3-13-9(12)7-11(2)8-4-5-10-6-8;/h9-10,13-14,23-27H,3-8,11-12,15-22H2,1-2H3;7-8,11-12,21-25H,2-6,9-10,13-20H2,1H3,(H,36,37);6-7,10-11,16-19H,1-5,8-9,12-15H2;8,10H,3-7H2,1-2H3;1H/t24-,25+,26-,27?;22-,23+,24-,25?;17-,18+,19?;8-;/m00.0./s1. The van der Waals surface area contributed by atoms with Crippen molar-refractivity contribution in [2.24, 2.45) is 0 Å². The number of nitrogens with zero attached hydrogens (tertiary/aromatic N) is 14. The summed E-state index contributed by atoms with van der Waals surface area (Å²) in [5.41, 5.74) is 5.39. The molecule has 9 saturated heterocycles. The van der Waals surface area contributed by atoms with E-state index < -0.39 is 5.97 Å². The Balaban J connectivity index is 0.000000138. The Morgan fingerprint density at radius 3 is 1.06 bits per heavy atom. The first-order valence-corrected chi connectivity index (χ1v) is 47.2. The second kappa shape index (κ2) is 42.4. The maximum atomic E-state index is 14.3. The summed E-state index contributed by atoms with van der Waals surface area (Å²) < 4.78 is 16.2. The Kier molecular flexibility index (Phi) is 31.7. The SMILES string of the molecule is CCOC(=O)CN(C)[C@H]1CCN(c2nc3ccccc3n(C3C[C@H]4CC[C@@H](C3)N4C3CCCCCCC3)c2=O)C1.CCOC(=O)CN(C)[C@H]1CCNC1.CN(CC(=O)O)[C@H]1CCN(c2nc3ccccc3n(C3C[C@H]4CC[C@@H](C3)N4C3CCCCCCC3)c2=O)C1.Cl.O=c1c(Cl)nc2ccccc2n1C1C[C@H]2CC[C@@H](C1)N2C1CCCCCCC1. The van der Waals surface area contributed by atoms with Gasteiger partial charge < -0.3 is 43.4 Å². The van der Waals surface area contributed by atoms with Crippen molar-refractivity contribution in [3.63, 3.8) is 0 Å². The minimum atomic E-state index is -0.822. The number of carbonyl (C=O) groups is 3. The zero-order valence-electron chi connectivity index (χ0n) is 72.6. The number of nitrogens with one attached hydrogen (secondary N) is 1. The summed E-state index contributed by atoms with van der Waals surface area (Å²) in [4.78, 5) is 109. The number of carboxylic acid groups (broad SMARTS) is 1. The van der Waals surface area contributed by atoms with Crippen LogP contribution in [0, 0.1) is 0 Å². The largest absolute Gasteiger partial charge is 0.480 e. The third kappa shape index (κ3) is 21.0. The summed E-state index contributed by atoms with van der Waals surface area (Å²) in [6.07, 6.45) is 45.7. The van der Waals surface area contributed by atoms with Crippen LogP contribution in [0.4, 0.5) is 11.6 Å². The quantitative estimate of drug-likeness (QED) is 0.0718. The molecule has 24 nitrogen and oxygen atoms in total. The van der Waals surface area contributed by atoms with Crippen LogP contribution in [0.2, 0.25) is 5.15 Å². The molecule has 0 amide bonds. The number of hydrogen-bond donors (Lipinski definition) is 2. The molecule has 0 radical (unpaired) electrons. The summed E-state index contributed by atoms with van der Waals surface area (Å²) >= 11 is 6.23. The Morgan fingerprint density at radius 1 is 0.408 bits per heavy atom. The van der Waals surface area contributed by atoms with Gasteiger partial charge in [-0.2, -0.15) is 0 Å². The Labute approximate surface area is 722 Å². The van der Waals surface area contributed by atoms with Crippen molar-refractivity contribution in [2.75, 3.05) is 103 Å². The van der Waals surface area contributed by atoms with Crippen LogP contribution in [0.15, 0.2) is 87.2 Å². The van der Waals surface area contributed by atoms with Gasteiger partial charge in [0.15, 0.2) is 16.8 Å². The average molecular weight is 1690 g/mol. The van der Waals surface area contributed by atoms with Crippen molar-refractivity contribution in [3.8, 4) is 0 Å². The van der Waals surface area contributed by atoms with Gasteiger partial charge in [-0.05, 0) is 213 Å². The Hall–Kier alpha value is -6.61. The van der Waals surface area contributed by atoms with Crippen LogP contribution >= 0.6 is 24.0 Å². The molecular weight excluding hydrogens is 1550 g/mol. The molecule has 0 spiro atoms. The zero-order valence-corrected chi connectivity index (χ0v) is 74.2. The third-order valence-corrected chi connectivity index (χ3v) is 30.0. The lowest BCUT2D eigenvalue weighted by molar-refractivity contribution is -0.145. The number of esters is 2. The van der Waals surface area contributed by atoms with Gasteiger partial charge in [0.05, 0.1) is 65.9 Å². The van der Waals surface area contributed by atoms with Crippen molar-refractivity contribution in [3.05, 3.63) is 109 Å². The lowest BCUT2D eigenvalue weighted by Gasteiger charge is -2.45. The van der Waals surface area contributed by atoms with E-state index in [1.54, 1.807) is 0 Å². The second-order valence-corrected chi connectivity index (χ2v) is 37.7. The summed E-state index contributed by atoms with van der Waals surface area (Å²) in [6, 6.07) is 31.4. The number of halogens is 2. The van der Waals surface area contributed by atoms with Crippen molar-refractivity contribution in [2.45, 2.75) is 336 Å². The summed E-state index contributed by atoms with van der Waals surface area (Å²) in [5.74, 6) is -0.0466. The average Bonchev–Trinajstić information content (AvgIpc) is 1.45. The fraction of sp³-hybridized carbons (Fsp3) is 0.713. The maximum absolute atomic E-state index is 14.3. The highest BCUT2D eigenvalue weighted by atomic mass is 35.5. The second-order valence-electron chi connectivity index (χ2n) is 37.3. The van der Waals surface area contributed by atoms with Crippen molar-refractivity contribution < 1.29 is 29.0 Å². The molecule has 3 aromatic heterocycles. The van der Waals surface area contributed by atoms with Gasteiger partial charge in [-0.15, -0.1) is 12.4 Å². The smallest absolute Gasteiger partial charge is 0.320 e. The lowest BCUT2D eigenvalue weighted by atomic mass is 9.89. The van der Waals surface area contributed by atoms with Gasteiger partial charge in [-0.25, -0.2) is 15.0 Å². The van der Waals surface area contributed by atoms with Crippen LogP contribution in [-0.4, -0.2) is 247 Å². The number of anilines is 2. The molecule has 18 rings (SSSR count). The van der Waals surface area contributed by atoms with Crippen LogP contribution in [0.3, 0.4) is 0 Å². The number of ether oxygens (including phenoxy) is 2. The molecule has 3 saturated carbocycles. The van der Waals surface area contributed by atoms with Crippen LogP contribution in [-0.2, 0) is 23.9 Å². The molecular formula is C94H139Cl2N15O9. The number of fused-ring (bicyclic) bond motifs is 9. The van der Waals surface area contributed by atoms with E-state index in [9.17, 15) is 33.9 Å². The number of para-hydroxylation sites is 6. The van der Waals surface area contributed by atoms with E-state index in [2.05, 4.69) is 65.9 Å². The van der Waals surface area contributed by atoms with Crippen molar-refractivity contribution in [1.29, 1.82) is 0 Å². The predicted molar refractivity (Wildman–Crippen MR) is 481 cm³/mol. The summed E-state index contributed by atoms with van der Waals surface area (Å²) in [5, 5.41) is 12.6. The molecule has 12 aliphatic rings. The van der Waals surface area contributed by atoms with Crippen LogP contribution in [0.1, 0.15) is 263 Å². The van der Waals surface area contributed by atoms with E-state index in [4.69, 9.17) is 31.0 Å². The maximum Gasteiger partial charge on any atom is 0.320 e. The highest BCUT2D eigenvalue weighted by molar-refractivity contribution is 6.29. The van der Waals surface area contributed by atoms with Gasteiger partial charge in [-0.1, -0.05) is 144 Å². The van der Waals surface area contributed by atoms with E-state index in [1.807, 2.05) is 105 Å². The fourth-order valence-corrected chi connectivity index (χ4v) is 24.3. The lowest BCUT2D eigenvalue weighted by Crippen LogP contribution is -2.50. The number of carboxylic acids is 1. The molecule has 3 aliphatic carbocycles. The normalized spacial score (nSPS) is 28.0. The van der Waals surface area contributed by atoms with Crippen LogP contribution in [0.25, 0.3) is 33.1 Å².